The molecule has 17 heavy (non-hydrogen) atoms. The van der Waals surface area contributed by atoms with Gasteiger partial charge < -0.3 is 0 Å². The summed E-state index contributed by atoms with van der Waals surface area (Å²) >= 11 is 5.50. The van der Waals surface area contributed by atoms with E-state index in [1.807, 2.05) is 13.0 Å². The molecule has 1 rings (SSSR count). The zero-order valence-corrected chi connectivity index (χ0v) is 10.2. The third-order valence-corrected chi connectivity index (χ3v) is 2.46. The van der Waals surface area contributed by atoms with Gasteiger partial charge in [0.1, 0.15) is 0 Å². The molecule has 1 heterocycles. The Labute approximate surface area is 103 Å². The molecule has 1 aromatic rings. The first-order valence-electron chi connectivity index (χ1n) is 5.18. The van der Waals surface area contributed by atoms with Gasteiger partial charge in [0.2, 0.25) is 0 Å². The first kappa shape index (κ1) is 14.3. The number of rotatable bonds is 5. The molecule has 0 aliphatic heterocycles. The smallest absolute Gasteiger partial charge is 0.288 e. The third-order valence-electron chi connectivity index (χ3n) is 2.29. The van der Waals surface area contributed by atoms with Crippen LogP contribution in [0.3, 0.4) is 0 Å². The summed E-state index contributed by atoms with van der Waals surface area (Å²) in [5.41, 5.74) is 1.54. The van der Waals surface area contributed by atoms with Gasteiger partial charge >= 0.3 is 6.18 Å². The van der Waals surface area contributed by atoms with Crippen molar-refractivity contribution in [2.24, 2.45) is 0 Å². The number of nitrogens with zero attached hydrogens (tertiary/aromatic N) is 2. The minimum Gasteiger partial charge on any atom is -0.288 e. The number of hydrogen-bond donors (Lipinski definition) is 0. The molecule has 1 aromatic heterocycles. The van der Waals surface area contributed by atoms with Crippen molar-refractivity contribution < 1.29 is 13.2 Å². The number of aromatic nitrogens is 1. The fourth-order valence-electron chi connectivity index (χ4n) is 1.48. The lowest BCUT2D eigenvalue weighted by Crippen LogP contribution is -2.35. The molecule has 0 aliphatic carbocycles. The molecule has 0 amide bonds. The van der Waals surface area contributed by atoms with Crippen molar-refractivity contribution in [2.75, 3.05) is 19.0 Å². The fourth-order valence-corrected chi connectivity index (χ4v) is 1.72. The van der Waals surface area contributed by atoms with E-state index in [-0.39, 0.29) is 19.0 Å². The average Bonchev–Trinajstić information content (AvgIpc) is 2.19. The molecule has 0 radical (unpaired) electrons. The Kier molecular flexibility index (Phi) is 5.21. The Morgan fingerprint density at radius 2 is 2.12 bits per heavy atom. The predicted molar refractivity (Wildman–Crippen MR) is 61.0 cm³/mol. The lowest BCUT2D eigenvalue weighted by atomic mass is 10.2. The highest BCUT2D eigenvalue weighted by Gasteiger charge is 2.30. The third kappa shape index (κ3) is 5.37. The summed E-state index contributed by atoms with van der Waals surface area (Å²) in [6.07, 6.45) is -2.64. The number of halogens is 4. The van der Waals surface area contributed by atoms with E-state index in [0.29, 0.717) is 5.69 Å². The van der Waals surface area contributed by atoms with Gasteiger partial charge in [-0.05, 0) is 18.6 Å². The van der Waals surface area contributed by atoms with E-state index in [4.69, 9.17) is 11.6 Å². The summed E-state index contributed by atoms with van der Waals surface area (Å²) in [5, 5.41) is 0. The topological polar surface area (TPSA) is 16.1 Å². The van der Waals surface area contributed by atoms with Gasteiger partial charge in [-0.25, -0.2) is 0 Å². The minimum atomic E-state index is -4.21. The van der Waals surface area contributed by atoms with Crippen LogP contribution in [0.2, 0.25) is 0 Å². The number of alkyl halides is 4. The van der Waals surface area contributed by atoms with Crippen LogP contribution in [0.4, 0.5) is 13.2 Å². The highest BCUT2D eigenvalue weighted by Crippen LogP contribution is 2.18. The molecule has 2 nitrogen and oxygen atoms in total. The largest absolute Gasteiger partial charge is 0.401 e. The first-order chi connectivity index (χ1) is 7.92. The first-order valence-corrected chi connectivity index (χ1v) is 5.71. The average molecular weight is 267 g/mol. The Hall–Kier alpha value is -0.810. The Morgan fingerprint density at radius 3 is 2.65 bits per heavy atom. The maximum Gasteiger partial charge on any atom is 0.401 e. The molecule has 0 N–H and O–H groups in total. The van der Waals surface area contributed by atoms with Gasteiger partial charge in [-0.15, -0.1) is 11.6 Å². The molecule has 0 unspecified atom stereocenters. The van der Waals surface area contributed by atoms with Crippen molar-refractivity contribution in [3.8, 4) is 0 Å². The van der Waals surface area contributed by atoms with Crippen LogP contribution in [-0.2, 0) is 6.54 Å². The monoisotopic (exact) mass is 266 g/mol. The van der Waals surface area contributed by atoms with Gasteiger partial charge in [-0.3, -0.25) is 9.88 Å². The molecule has 6 heteroatoms. The molecule has 96 valence electrons. The Balaban J connectivity index is 2.70. The summed E-state index contributed by atoms with van der Waals surface area (Å²) < 4.78 is 37.0. The van der Waals surface area contributed by atoms with Crippen molar-refractivity contribution in [1.82, 2.24) is 9.88 Å². The Bertz CT molecular complexity index is 355. The molecule has 0 aromatic carbocycles. The van der Waals surface area contributed by atoms with Crippen LogP contribution in [-0.4, -0.2) is 35.0 Å². The summed E-state index contributed by atoms with van der Waals surface area (Å²) in [6.45, 7) is 1.22. The molecule has 0 fully saturated rings. The van der Waals surface area contributed by atoms with Crippen LogP contribution in [0.1, 0.15) is 11.3 Å². The van der Waals surface area contributed by atoms with E-state index in [1.165, 1.54) is 4.90 Å². The fraction of sp³-hybridized carbons (Fsp3) is 0.545. The maximum absolute atomic E-state index is 12.3. The van der Waals surface area contributed by atoms with Gasteiger partial charge in [-0.1, -0.05) is 6.07 Å². The quantitative estimate of drug-likeness (QED) is 0.762. The van der Waals surface area contributed by atoms with Gasteiger partial charge in [0.25, 0.3) is 0 Å². The highest BCUT2D eigenvalue weighted by atomic mass is 35.5. The van der Waals surface area contributed by atoms with E-state index >= 15 is 0 Å². The van der Waals surface area contributed by atoms with E-state index in [0.717, 1.165) is 5.56 Å². The molecular formula is C11H14ClF3N2. The molecular weight excluding hydrogens is 253 g/mol. The van der Waals surface area contributed by atoms with E-state index < -0.39 is 12.7 Å². The molecule has 0 aliphatic rings. The van der Waals surface area contributed by atoms with Crippen molar-refractivity contribution in [3.05, 3.63) is 29.6 Å². The molecule has 0 bridgehead atoms. The van der Waals surface area contributed by atoms with Crippen molar-refractivity contribution >= 4 is 11.6 Å². The lowest BCUT2D eigenvalue weighted by molar-refractivity contribution is -0.146. The SMILES string of the molecule is Cc1cccnc1CN(CCCl)CC(F)(F)F. The summed E-state index contributed by atoms with van der Waals surface area (Å²) in [7, 11) is 0. The predicted octanol–water partition coefficient (Wildman–Crippen LogP) is 2.99. The maximum atomic E-state index is 12.3. The van der Waals surface area contributed by atoms with Gasteiger partial charge in [0.05, 0.1) is 12.2 Å². The van der Waals surface area contributed by atoms with E-state index in [9.17, 15) is 13.2 Å². The lowest BCUT2D eigenvalue weighted by Gasteiger charge is -2.22. The van der Waals surface area contributed by atoms with Crippen LogP contribution in [0.15, 0.2) is 18.3 Å². The van der Waals surface area contributed by atoms with Gasteiger partial charge in [0, 0.05) is 25.2 Å². The summed E-state index contributed by atoms with van der Waals surface area (Å²) in [5.74, 6) is 0.169. The molecule has 0 saturated heterocycles. The Morgan fingerprint density at radius 1 is 1.41 bits per heavy atom. The normalized spacial score (nSPS) is 12.1. The molecule has 0 saturated carbocycles. The van der Waals surface area contributed by atoms with Crippen molar-refractivity contribution in [2.45, 2.75) is 19.6 Å². The van der Waals surface area contributed by atoms with Crippen LogP contribution in [0.25, 0.3) is 0 Å². The molecule has 0 spiro atoms. The van der Waals surface area contributed by atoms with Crippen molar-refractivity contribution in [1.29, 1.82) is 0 Å². The zero-order chi connectivity index (χ0) is 12.9. The van der Waals surface area contributed by atoms with Gasteiger partial charge in [-0.2, -0.15) is 13.2 Å². The second kappa shape index (κ2) is 6.21. The van der Waals surface area contributed by atoms with E-state index in [1.54, 1.807) is 12.3 Å². The van der Waals surface area contributed by atoms with Crippen LogP contribution < -0.4 is 0 Å². The van der Waals surface area contributed by atoms with Crippen LogP contribution in [0, 0.1) is 6.92 Å². The second-order valence-corrected chi connectivity index (χ2v) is 4.16. The van der Waals surface area contributed by atoms with Crippen LogP contribution >= 0.6 is 11.6 Å². The summed E-state index contributed by atoms with van der Waals surface area (Å²) in [4.78, 5) is 5.33. The second-order valence-electron chi connectivity index (χ2n) is 3.78. The van der Waals surface area contributed by atoms with Crippen molar-refractivity contribution in [3.63, 3.8) is 0 Å². The molecule has 0 atom stereocenters. The number of aryl methyl sites for hydroxylation is 1. The zero-order valence-electron chi connectivity index (χ0n) is 9.47. The number of hydrogen-bond acceptors (Lipinski definition) is 2. The minimum absolute atomic E-state index is 0.166. The van der Waals surface area contributed by atoms with E-state index in [2.05, 4.69) is 4.98 Å². The van der Waals surface area contributed by atoms with Gasteiger partial charge in [0.15, 0.2) is 0 Å². The van der Waals surface area contributed by atoms with Crippen LogP contribution in [0.5, 0.6) is 0 Å². The standard InChI is InChI=1S/C11H14ClF3N2/c1-9-3-2-5-16-10(9)7-17(6-4-12)8-11(13,14)15/h2-3,5H,4,6-8H2,1H3. The number of pyridine rings is 1. The highest BCUT2D eigenvalue weighted by molar-refractivity contribution is 6.18. The summed E-state index contributed by atoms with van der Waals surface area (Å²) in [6, 6.07) is 3.59.